The Hall–Kier alpha value is -3.12. The number of benzene rings is 1. The summed E-state index contributed by atoms with van der Waals surface area (Å²) in [6.07, 6.45) is 1.90. The van der Waals surface area contributed by atoms with Crippen LogP contribution in [0.2, 0.25) is 0 Å². The fraction of sp³-hybridized carbons (Fsp3) is 0.316. The van der Waals surface area contributed by atoms with Gasteiger partial charge >= 0.3 is 11.8 Å². The van der Waals surface area contributed by atoms with E-state index in [2.05, 4.69) is 14.9 Å². The second-order valence-corrected chi connectivity index (χ2v) is 9.60. The van der Waals surface area contributed by atoms with Crippen molar-refractivity contribution in [3.8, 4) is 22.9 Å². The molecule has 0 saturated carbocycles. The van der Waals surface area contributed by atoms with E-state index in [0.717, 1.165) is 24.2 Å². The normalized spacial score (nSPS) is 13.9. The molecule has 4 rings (SSSR count). The summed E-state index contributed by atoms with van der Waals surface area (Å²) in [6.45, 7) is 1.33. The minimum absolute atomic E-state index is 0.0570. The molecule has 12 heteroatoms. The number of rotatable bonds is 7. The number of ether oxygens (including phenoxy) is 2. The molecule has 0 atom stereocenters. The molecular weight excluding hydrogens is 444 g/mol. The van der Waals surface area contributed by atoms with Gasteiger partial charge in [0, 0.05) is 42.2 Å². The fourth-order valence-electron chi connectivity index (χ4n) is 3.13. The fourth-order valence-corrected chi connectivity index (χ4v) is 5.33. The van der Waals surface area contributed by atoms with Crippen LogP contribution < -0.4 is 14.2 Å². The molecule has 0 bridgehead atoms. The van der Waals surface area contributed by atoms with Crippen LogP contribution >= 0.6 is 11.3 Å². The van der Waals surface area contributed by atoms with Crippen molar-refractivity contribution in [2.24, 2.45) is 0 Å². The van der Waals surface area contributed by atoms with Crippen molar-refractivity contribution in [1.82, 2.24) is 15.0 Å². The quantitative estimate of drug-likeness (QED) is 0.566. The molecule has 1 saturated heterocycles. The minimum Gasteiger partial charge on any atom is -0.497 e. The summed E-state index contributed by atoms with van der Waals surface area (Å²) >= 11 is 1.00. The van der Waals surface area contributed by atoms with Crippen molar-refractivity contribution in [3.05, 3.63) is 35.5 Å². The van der Waals surface area contributed by atoms with E-state index in [4.69, 9.17) is 14.0 Å². The van der Waals surface area contributed by atoms with Gasteiger partial charge in [-0.1, -0.05) is 5.16 Å². The van der Waals surface area contributed by atoms with E-state index in [1.807, 2.05) is 0 Å². The number of carbonyl (C=O) groups is 1. The second kappa shape index (κ2) is 8.55. The molecule has 0 unspecified atom stereocenters. The lowest BCUT2D eigenvalue weighted by Gasteiger charge is -2.10. The highest BCUT2D eigenvalue weighted by atomic mass is 32.2. The third-order valence-corrected chi connectivity index (χ3v) is 7.53. The molecular formula is C19H20N4O6S2. The van der Waals surface area contributed by atoms with Gasteiger partial charge in [-0.25, -0.2) is 8.42 Å². The zero-order chi connectivity index (χ0) is 22.0. The third-order valence-electron chi connectivity index (χ3n) is 4.70. The number of carbonyl (C=O) groups excluding carboxylic acids is 1. The molecule has 10 nitrogen and oxygen atoms in total. The molecule has 0 spiro atoms. The SMILES string of the molecule is COc1cc(NS(=O)(=O)c2cc(-c3noc(C(=O)N4CCCC4)n3)cs2)cc(OC)c1. The van der Waals surface area contributed by atoms with Crippen LogP contribution in [0.25, 0.3) is 11.4 Å². The van der Waals surface area contributed by atoms with Crippen LogP contribution in [-0.2, 0) is 10.0 Å². The third kappa shape index (κ3) is 4.49. The monoisotopic (exact) mass is 464 g/mol. The van der Waals surface area contributed by atoms with Crippen molar-refractivity contribution in [3.63, 3.8) is 0 Å². The Morgan fingerprint density at radius 2 is 1.81 bits per heavy atom. The van der Waals surface area contributed by atoms with Gasteiger partial charge in [-0.2, -0.15) is 4.98 Å². The van der Waals surface area contributed by atoms with Gasteiger partial charge in [-0.3, -0.25) is 9.52 Å². The molecule has 1 aliphatic heterocycles. The summed E-state index contributed by atoms with van der Waals surface area (Å²) < 4.78 is 43.6. The van der Waals surface area contributed by atoms with E-state index in [1.165, 1.54) is 20.3 Å². The number of methoxy groups -OCH3 is 2. The highest BCUT2D eigenvalue weighted by Gasteiger charge is 2.26. The predicted molar refractivity (Wildman–Crippen MR) is 113 cm³/mol. The summed E-state index contributed by atoms with van der Waals surface area (Å²) in [6, 6.07) is 6.16. The van der Waals surface area contributed by atoms with Crippen molar-refractivity contribution >= 4 is 33.0 Å². The van der Waals surface area contributed by atoms with Crippen LogP contribution in [-0.4, -0.2) is 56.7 Å². The van der Waals surface area contributed by atoms with Gasteiger partial charge < -0.3 is 18.9 Å². The van der Waals surface area contributed by atoms with Gasteiger partial charge in [0.1, 0.15) is 15.7 Å². The van der Waals surface area contributed by atoms with E-state index in [9.17, 15) is 13.2 Å². The number of sulfonamides is 1. The smallest absolute Gasteiger partial charge is 0.316 e. The standard InChI is InChI=1S/C19H20N4O6S2/c1-27-14-8-13(9-15(10-14)28-2)22-31(25,26)16-7-12(11-30-16)17-20-18(29-21-17)19(24)23-5-3-4-6-23/h7-11,22H,3-6H2,1-2H3. The molecule has 3 heterocycles. The lowest BCUT2D eigenvalue weighted by Crippen LogP contribution is -2.27. The van der Waals surface area contributed by atoms with Crippen LogP contribution in [0.5, 0.6) is 11.5 Å². The van der Waals surface area contributed by atoms with Crippen LogP contribution in [0.4, 0.5) is 5.69 Å². The first-order chi connectivity index (χ1) is 14.9. The number of thiophene rings is 1. The lowest BCUT2D eigenvalue weighted by atomic mass is 10.3. The molecule has 1 amide bonds. The average molecular weight is 465 g/mol. The molecule has 0 radical (unpaired) electrons. The maximum absolute atomic E-state index is 12.8. The number of nitrogens with zero attached hydrogens (tertiary/aromatic N) is 3. The number of anilines is 1. The number of aromatic nitrogens is 2. The van der Waals surface area contributed by atoms with E-state index in [0.29, 0.717) is 35.8 Å². The molecule has 3 aromatic rings. The number of hydrogen-bond acceptors (Lipinski definition) is 9. The van der Waals surface area contributed by atoms with E-state index < -0.39 is 10.0 Å². The molecule has 31 heavy (non-hydrogen) atoms. The molecule has 1 aliphatic rings. The van der Waals surface area contributed by atoms with Gasteiger partial charge in [0.05, 0.1) is 19.9 Å². The maximum Gasteiger partial charge on any atom is 0.316 e. The highest BCUT2D eigenvalue weighted by molar-refractivity contribution is 7.94. The van der Waals surface area contributed by atoms with E-state index in [-0.39, 0.29) is 21.8 Å². The van der Waals surface area contributed by atoms with Crippen LogP contribution in [0.3, 0.4) is 0 Å². The highest BCUT2D eigenvalue weighted by Crippen LogP contribution is 2.31. The van der Waals surface area contributed by atoms with Gasteiger partial charge in [0.15, 0.2) is 0 Å². The Morgan fingerprint density at radius 3 is 2.45 bits per heavy atom. The van der Waals surface area contributed by atoms with Crippen molar-refractivity contribution < 1.29 is 27.2 Å². The molecule has 164 valence electrons. The van der Waals surface area contributed by atoms with E-state index >= 15 is 0 Å². The summed E-state index contributed by atoms with van der Waals surface area (Å²) in [5.74, 6) is 0.641. The lowest BCUT2D eigenvalue weighted by molar-refractivity contribution is 0.0743. The van der Waals surface area contributed by atoms with Gasteiger partial charge in [0.2, 0.25) is 5.82 Å². The van der Waals surface area contributed by atoms with Crippen molar-refractivity contribution in [2.75, 3.05) is 32.0 Å². The molecule has 1 fully saturated rings. The Labute approximate surface area is 182 Å². The average Bonchev–Trinajstić information content (AvgIpc) is 3.53. The predicted octanol–water partition coefficient (Wildman–Crippen LogP) is 2.85. The van der Waals surface area contributed by atoms with E-state index in [1.54, 1.807) is 28.5 Å². The molecule has 0 aliphatic carbocycles. The van der Waals surface area contributed by atoms with Crippen LogP contribution in [0.15, 0.2) is 38.4 Å². The number of nitrogens with one attached hydrogen (secondary N) is 1. The number of hydrogen-bond donors (Lipinski definition) is 1. The first kappa shape index (κ1) is 21.1. The largest absolute Gasteiger partial charge is 0.497 e. The Bertz CT molecular complexity index is 1180. The Kier molecular flexibility index (Phi) is 5.83. The summed E-state index contributed by atoms with van der Waals surface area (Å²) in [4.78, 5) is 18.2. The zero-order valence-corrected chi connectivity index (χ0v) is 18.5. The Balaban J connectivity index is 1.54. The molecule has 1 N–H and O–H groups in total. The van der Waals surface area contributed by atoms with Crippen LogP contribution in [0, 0.1) is 0 Å². The van der Waals surface area contributed by atoms with Crippen molar-refractivity contribution in [2.45, 2.75) is 17.1 Å². The number of likely N-dealkylation sites (tertiary alicyclic amines) is 1. The van der Waals surface area contributed by atoms with Crippen LogP contribution in [0.1, 0.15) is 23.5 Å². The minimum atomic E-state index is -3.88. The first-order valence-corrected chi connectivity index (χ1v) is 11.7. The second-order valence-electron chi connectivity index (χ2n) is 6.78. The summed E-state index contributed by atoms with van der Waals surface area (Å²) in [5, 5.41) is 5.42. The molecule has 1 aromatic carbocycles. The maximum atomic E-state index is 12.8. The van der Waals surface area contributed by atoms with Gasteiger partial charge in [-0.15, -0.1) is 11.3 Å². The zero-order valence-electron chi connectivity index (χ0n) is 16.8. The summed E-state index contributed by atoms with van der Waals surface area (Å²) in [7, 11) is -0.920. The molecule has 2 aromatic heterocycles. The van der Waals surface area contributed by atoms with Gasteiger partial charge in [0.25, 0.3) is 10.0 Å². The topological polar surface area (TPSA) is 124 Å². The summed E-state index contributed by atoms with van der Waals surface area (Å²) in [5.41, 5.74) is 0.738. The van der Waals surface area contributed by atoms with Crippen molar-refractivity contribution in [1.29, 1.82) is 0 Å². The Morgan fingerprint density at radius 1 is 1.13 bits per heavy atom. The number of amides is 1. The van der Waals surface area contributed by atoms with Gasteiger partial charge in [-0.05, 0) is 18.9 Å². The first-order valence-electron chi connectivity index (χ1n) is 9.37.